The molecule has 0 heterocycles. The zero-order valence-corrected chi connectivity index (χ0v) is 10.6. The maximum absolute atomic E-state index is 9.57. The Kier molecular flexibility index (Phi) is 4.19. The molecule has 0 spiro atoms. The van der Waals surface area contributed by atoms with E-state index in [0.717, 1.165) is 18.7 Å². The van der Waals surface area contributed by atoms with Gasteiger partial charge in [-0.1, -0.05) is 0 Å². The topological polar surface area (TPSA) is 35.5 Å². The van der Waals surface area contributed by atoms with Crippen LogP contribution in [0.1, 0.15) is 20.3 Å². The van der Waals surface area contributed by atoms with Crippen molar-refractivity contribution in [3.63, 3.8) is 0 Å². The summed E-state index contributed by atoms with van der Waals surface area (Å²) in [6, 6.07) is 8.26. The number of hydrogen-bond donors (Lipinski definition) is 2. The van der Waals surface area contributed by atoms with Crippen molar-refractivity contribution in [3.8, 4) is 0 Å². The van der Waals surface area contributed by atoms with Crippen LogP contribution in [-0.4, -0.2) is 31.3 Å². The molecule has 0 saturated carbocycles. The largest absolute Gasteiger partial charge is 0.390 e. The Morgan fingerprint density at radius 2 is 1.75 bits per heavy atom. The Bertz CT molecular complexity index is 312. The van der Waals surface area contributed by atoms with Crippen molar-refractivity contribution < 1.29 is 5.11 Å². The predicted octanol–water partition coefficient (Wildman–Crippen LogP) is 2.33. The molecule has 1 rings (SSSR count). The van der Waals surface area contributed by atoms with Crippen molar-refractivity contribution in [1.82, 2.24) is 0 Å². The van der Waals surface area contributed by atoms with Crippen LogP contribution in [0.5, 0.6) is 0 Å². The standard InChI is InChI=1S/C13H22N2O/c1-13(2,16)9-10-14-11-5-7-12(8-6-11)15(3)4/h5-8,14,16H,9-10H2,1-4H3. The Morgan fingerprint density at radius 1 is 1.19 bits per heavy atom. The van der Waals surface area contributed by atoms with E-state index in [1.165, 1.54) is 5.69 Å². The van der Waals surface area contributed by atoms with Gasteiger partial charge in [0.05, 0.1) is 5.60 Å². The number of rotatable bonds is 5. The summed E-state index contributed by atoms with van der Waals surface area (Å²) in [4.78, 5) is 2.07. The quantitative estimate of drug-likeness (QED) is 0.802. The zero-order valence-electron chi connectivity index (χ0n) is 10.6. The molecule has 0 aliphatic carbocycles. The Hall–Kier alpha value is -1.22. The van der Waals surface area contributed by atoms with Gasteiger partial charge in [0.25, 0.3) is 0 Å². The first-order chi connectivity index (χ1) is 7.38. The van der Waals surface area contributed by atoms with E-state index in [1.54, 1.807) is 0 Å². The highest BCUT2D eigenvalue weighted by molar-refractivity contribution is 5.54. The van der Waals surface area contributed by atoms with E-state index in [1.807, 2.05) is 27.9 Å². The number of anilines is 2. The molecule has 3 nitrogen and oxygen atoms in total. The van der Waals surface area contributed by atoms with Gasteiger partial charge in [0.2, 0.25) is 0 Å². The van der Waals surface area contributed by atoms with E-state index in [2.05, 4.69) is 34.5 Å². The summed E-state index contributed by atoms with van der Waals surface area (Å²) in [6.07, 6.45) is 0.739. The van der Waals surface area contributed by atoms with Crippen molar-refractivity contribution >= 4 is 11.4 Å². The fraction of sp³-hybridized carbons (Fsp3) is 0.538. The molecule has 0 aliphatic rings. The van der Waals surface area contributed by atoms with Crippen LogP contribution in [0.15, 0.2) is 24.3 Å². The molecule has 1 aromatic rings. The predicted molar refractivity (Wildman–Crippen MR) is 70.2 cm³/mol. The third-order valence-electron chi connectivity index (χ3n) is 2.45. The first kappa shape index (κ1) is 12.8. The minimum absolute atomic E-state index is 0.601. The molecule has 0 saturated heterocycles. The highest BCUT2D eigenvalue weighted by Gasteiger charge is 2.10. The van der Waals surface area contributed by atoms with E-state index < -0.39 is 5.60 Å². The van der Waals surface area contributed by atoms with Gasteiger partial charge in [-0.15, -0.1) is 0 Å². The van der Waals surface area contributed by atoms with Crippen LogP contribution in [0.4, 0.5) is 11.4 Å². The van der Waals surface area contributed by atoms with E-state index in [-0.39, 0.29) is 0 Å². The van der Waals surface area contributed by atoms with Crippen molar-refractivity contribution in [2.75, 3.05) is 30.9 Å². The Morgan fingerprint density at radius 3 is 2.19 bits per heavy atom. The molecule has 0 aromatic heterocycles. The van der Waals surface area contributed by atoms with Crippen LogP contribution in [0, 0.1) is 0 Å². The number of nitrogens with zero attached hydrogens (tertiary/aromatic N) is 1. The van der Waals surface area contributed by atoms with E-state index in [9.17, 15) is 5.11 Å². The molecule has 0 fully saturated rings. The highest BCUT2D eigenvalue weighted by Crippen LogP contribution is 2.16. The van der Waals surface area contributed by atoms with E-state index >= 15 is 0 Å². The van der Waals surface area contributed by atoms with Crippen LogP contribution in [0.25, 0.3) is 0 Å². The summed E-state index contributed by atoms with van der Waals surface area (Å²) in [5.41, 5.74) is 1.68. The molecular formula is C13H22N2O. The monoisotopic (exact) mass is 222 g/mol. The fourth-order valence-electron chi connectivity index (χ4n) is 1.39. The maximum atomic E-state index is 9.57. The van der Waals surface area contributed by atoms with Crippen LogP contribution >= 0.6 is 0 Å². The van der Waals surface area contributed by atoms with E-state index in [0.29, 0.717) is 0 Å². The van der Waals surface area contributed by atoms with Crippen LogP contribution in [-0.2, 0) is 0 Å². The van der Waals surface area contributed by atoms with Gasteiger partial charge in [-0.25, -0.2) is 0 Å². The molecule has 0 atom stereocenters. The van der Waals surface area contributed by atoms with Gasteiger partial charge in [-0.05, 0) is 44.5 Å². The molecule has 16 heavy (non-hydrogen) atoms. The first-order valence-corrected chi connectivity index (χ1v) is 5.62. The molecule has 0 unspecified atom stereocenters. The number of aliphatic hydroxyl groups is 1. The van der Waals surface area contributed by atoms with Crippen molar-refractivity contribution in [1.29, 1.82) is 0 Å². The van der Waals surface area contributed by atoms with Gasteiger partial charge in [0, 0.05) is 32.0 Å². The maximum Gasteiger partial charge on any atom is 0.0608 e. The molecule has 0 bridgehead atoms. The van der Waals surface area contributed by atoms with Gasteiger partial charge in [-0.3, -0.25) is 0 Å². The molecule has 0 amide bonds. The number of benzene rings is 1. The van der Waals surface area contributed by atoms with Gasteiger partial charge < -0.3 is 15.3 Å². The first-order valence-electron chi connectivity index (χ1n) is 5.62. The Labute approximate surface area is 98.1 Å². The third kappa shape index (κ3) is 4.53. The van der Waals surface area contributed by atoms with Crippen LogP contribution in [0.2, 0.25) is 0 Å². The van der Waals surface area contributed by atoms with Crippen molar-refractivity contribution in [2.24, 2.45) is 0 Å². The lowest BCUT2D eigenvalue weighted by Crippen LogP contribution is -2.22. The van der Waals surface area contributed by atoms with Crippen molar-refractivity contribution in [2.45, 2.75) is 25.9 Å². The second-order valence-electron chi connectivity index (χ2n) is 4.93. The van der Waals surface area contributed by atoms with Gasteiger partial charge in [0.1, 0.15) is 0 Å². The summed E-state index contributed by atoms with van der Waals surface area (Å²) in [7, 11) is 4.05. The molecule has 1 aromatic carbocycles. The molecule has 90 valence electrons. The lowest BCUT2D eigenvalue weighted by atomic mass is 10.1. The van der Waals surface area contributed by atoms with Crippen molar-refractivity contribution in [3.05, 3.63) is 24.3 Å². The summed E-state index contributed by atoms with van der Waals surface area (Å²) in [5, 5.41) is 12.9. The summed E-state index contributed by atoms with van der Waals surface area (Å²) >= 11 is 0. The third-order valence-corrected chi connectivity index (χ3v) is 2.45. The lowest BCUT2D eigenvalue weighted by molar-refractivity contribution is 0.0749. The van der Waals surface area contributed by atoms with E-state index in [4.69, 9.17) is 0 Å². The average molecular weight is 222 g/mol. The second-order valence-corrected chi connectivity index (χ2v) is 4.93. The molecule has 3 heteroatoms. The summed E-state index contributed by atoms with van der Waals surface area (Å²) in [5.74, 6) is 0. The molecule has 2 N–H and O–H groups in total. The highest BCUT2D eigenvalue weighted by atomic mass is 16.3. The molecular weight excluding hydrogens is 200 g/mol. The minimum Gasteiger partial charge on any atom is -0.390 e. The van der Waals surface area contributed by atoms with Crippen LogP contribution in [0.3, 0.4) is 0 Å². The normalized spacial score (nSPS) is 11.3. The van der Waals surface area contributed by atoms with Gasteiger partial charge >= 0.3 is 0 Å². The van der Waals surface area contributed by atoms with Gasteiger partial charge in [-0.2, -0.15) is 0 Å². The number of hydrogen-bond acceptors (Lipinski definition) is 3. The minimum atomic E-state index is -0.601. The lowest BCUT2D eigenvalue weighted by Gasteiger charge is -2.18. The smallest absolute Gasteiger partial charge is 0.0608 e. The molecule has 0 aliphatic heterocycles. The summed E-state index contributed by atoms with van der Waals surface area (Å²) < 4.78 is 0. The molecule has 0 radical (unpaired) electrons. The van der Waals surface area contributed by atoms with Gasteiger partial charge in [0.15, 0.2) is 0 Å². The zero-order chi connectivity index (χ0) is 12.2. The second kappa shape index (κ2) is 5.21. The Balaban J connectivity index is 2.44. The number of nitrogens with one attached hydrogen (secondary N) is 1. The summed E-state index contributed by atoms with van der Waals surface area (Å²) in [6.45, 7) is 4.43. The average Bonchev–Trinajstić information content (AvgIpc) is 2.16. The SMILES string of the molecule is CN(C)c1ccc(NCCC(C)(C)O)cc1. The fourth-order valence-corrected chi connectivity index (χ4v) is 1.39. The van der Waals surface area contributed by atoms with Crippen LogP contribution < -0.4 is 10.2 Å².